The van der Waals surface area contributed by atoms with E-state index in [0.29, 0.717) is 34.7 Å². The Morgan fingerprint density at radius 3 is 2.58 bits per heavy atom. The van der Waals surface area contributed by atoms with Crippen molar-refractivity contribution >= 4 is 44.1 Å². The monoisotopic (exact) mass is 504 g/mol. The number of nitrogens with zero attached hydrogens (tertiary/aromatic N) is 2. The zero-order chi connectivity index (χ0) is 25.4. The predicted molar refractivity (Wildman–Crippen MR) is 135 cm³/mol. The van der Waals surface area contributed by atoms with Crippen molar-refractivity contribution in [1.82, 2.24) is 4.98 Å². The highest BCUT2D eigenvalue weighted by molar-refractivity contribution is 7.22. The molecule has 5 rings (SSSR count). The summed E-state index contributed by atoms with van der Waals surface area (Å²) in [5.41, 5.74) is 1.28. The van der Waals surface area contributed by atoms with Crippen molar-refractivity contribution in [2.24, 2.45) is 0 Å². The summed E-state index contributed by atoms with van der Waals surface area (Å²) in [5.74, 6) is -1.38. The normalized spacial score (nSPS) is 17.1. The quantitative estimate of drug-likeness (QED) is 0.213. The fourth-order valence-electron chi connectivity index (χ4n) is 4.17. The van der Waals surface area contributed by atoms with Gasteiger partial charge >= 0.3 is 5.91 Å². The van der Waals surface area contributed by atoms with Crippen LogP contribution in [0.1, 0.15) is 24.1 Å². The Morgan fingerprint density at radius 2 is 1.86 bits per heavy atom. The van der Waals surface area contributed by atoms with Crippen LogP contribution in [0.4, 0.5) is 9.52 Å². The van der Waals surface area contributed by atoms with Crippen molar-refractivity contribution in [2.75, 3.05) is 18.6 Å². The van der Waals surface area contributed by atoms with Crippen LogP contribution in [0.2, 0.25) is 0 Å². The minimum absolute atomic E-state index is 0.117. The lowest BCUT2D eigenvalue weighted by Crippen LogP contribution is -2.29. The average Bonchev–Trinajstić information content (AvgIpc) is 3.42. The van der Waals surface area contributed by atoms with Crippen LogP contribution >= 0.6 is 11.3 Å². The lowest BCUT2D eigenvalue weighted by molar-refractivity contribution is -0.132. The van der Waals surface area contributed by atoms with Crippen molar-refractivity contribution in [1.29, 1.82) is 0 Å². The highest BCUT2D eigenvalue weighted by atomic mass is 32.1. The van der Waals surface area contributed by atoms with Gasteiger partial charge in [-0.25, -0.2) is 9.37 Å². The summed E-state index contributed by atoms with van der Waals surface area (Å²) in [6, 6.07) is 16.4. The second kappa shape index (κ2) is 9.43. The molecular weight excluding hydrogens is 483 g/mol. The zero-order valence-corrected chi connectivity index (χ0v) is 20.2. The van der Waals surface area contributed by atoms with Gasteiger partial charge in [-0.2, -0.15) is 0 Å². The molecule has 36 heavy (non-hydrogen) atoms. The molecule has 1 N–H and O–H groups in total. The molecule has 2 heterocycles. The molecule has 1 amide bonds. The summed E-state index contributed by atoms with van der Waals surface area (Å²) in [7, 11) is 1.49. The van der Waals surface area contributed by atoms with Crippen molar-refractivity contribution in [3.8, 4) is 11.5 Å². The molecule has 1 saturated heterocycles. The van der Waals surface area contributed by atoms with Crippen LogP contribution in [0.5, 0.6) is 11.5 Å². The van der Waals surface area contributed by atoms with Crippen LogP contribution in [-0.4, -0.2) is 35.5 Å². The number of thiazole rings is 1. The molecule has 1 fully saturated rings. The third-order valence-electron chi connectivity index (χ3n) is 5.84. The van der Waals surface area contributed by atoms with Crippen LogP contribution < -0.4 is 14.4 Å². The summed E-state index contributed by atoms with van der Waals surface area (Å²) in [6.07, 6.45) is 0. The van der Waals surface area contributed by atoms with Gasteiger partial charge < -0.3 is 14.6 Å². The molecule has 1 aliphatic rings. The van der Waals surface area contributed by atoms with Crippen molar-refractivity contribution in [3.63, 3.8) is 0 Å². The van der Waals surface area contributed by atoms with E-state index in [2.05, 4.69) is 4.98 Å². The van der Waals surface area contributed by atoms with E-state index in [4.69, 9.17) is 9.47 Å². The summed E-state index contributed by atoms with van der Waals surface area (Å²) in [4.78, 5) is 32.5. The van der Waals surface area contributed by atoms with Crippen molar-refractivity contribution in [2.45, 2.75) is 13.0 Å². The third-order valence-corrected chi connectivity index (χ3v) is 6.86. The van der Waals surface area contributed by atoms with Gasteiger partial charge in [0, 0.05) is 5.56 Å². The van der Waals surface area contributed by atoms with E-state index >= 15 is 0 Å². The Morgan fingerprint density at radius 1 is 1.08 bits per heavy atom. The average molecular weight is 505 g/mol. The number of ketones is 1. The second-order valence-corrected chi connectivity index (χ2v) is 9.02. The summed E-state index contributed by atoms with van der Waals surface area (Å²) in [6.45, 7) is 2.38. The second-order valence-electron chi connectivity index (χ2n) is 8.01. The molecule has 0 aliphatic carbocycles. The lowest BCUT2D eigenvalue weighted by Gasteiger charge is -2.23. The van der Waals surface area contributed by atoms with Gasteiger partial charge in [0.05, 0.1) is 35.5 Å². The number of rotatable bonds is 6. The van der Waals surface area contributed by atoms with Crippen LogP contribution in [-0.2, 0) is 9.59 Å². The van der Waals surface area contributed by atoms with E-state index in [-0.39, 0.29) is 16.5 Å². The number of benzene rings is 3. The highest BCUT2D eigenvalue weighted by Gasteiger charge is 2.48. The molecule has 0 saturated carbocycles. The summed E-state index contributed by atoms with van der Waals surface area (Å²) >= 11 is 1.22. The SMILES string of the molecule is CCOc1ccc2nc(N3C(=O)C(=O)/C(=C(/O)c4cccc(OC)c4)C3c3ccc(F)cc3)sc2c1. The van der Waals surface area contributed by atoms with E-state index < -0.39 is 23.5 Å². The molecule has 0 radical (unpaired) electrons. The Labute approximate surface area is 210 Å². The minimum Gasteiger partial charge on any atom is -0.507 e. The fraction of sp³-hybridized carbons (Fsp3) is 0.148. The Balaban J connectivity index is 1.69. The first kappa shape index (κ1) is 23.5. The molecule has 4 aromatic rings. The maximum Gasteiger partial charge on any atom is 0.301 e. The standard InChI is InChI=1S/C27H21FN2O5S/c1-3-35-19-11-12-20-21(14-19)36-27(29-20)30-23(15-7-9-17(28)10-8-15)22(25(32)26(30)33)24(31)16-5-4-6-18(13-16)34-2/h4-14,23,31H,3H2,1-2H3/b24-22+. The van der Waals surface area contributed by atoms with Gasteiger partial charge in [-0.05, 0) is 55.0 Å². The van der Waals surface area contributed by atoms with E-state index in [1.165, 1.54) is 47.6 Å². The van der Waals surface area contributed by atoms with E-state index in [9.17, 15) is 19.1 Å². The highest BCUT2D eigenvalue weighted by Crippen LogP contribution is 2.44. The number of Topliss-reactive ketones (excluding diaryl/α,β-unsaturated/α-hetero) is 1. The summed E-state index contributed by atoms with van der Waals surface area (Å²) < 4.78 is 25.3. The van der Waals surface area contributed by atoms with Crippen LogP contribution in [0, 0.1) is 5.82 Å². The molecule has 0 bridgehead atoms. The van der Waals surface area contributed by atoms with Crippen LogP contribution in [0.25, 0.3) is 16.0 Å². The lowest BCUT2D eigenvalue weighted by atomic mass is 9.95. The van der Waals surface area contributed by atoms with Crippen molar-refractivity contribution in [3.05, 3.63) is 89.2 Å². The molecule has 1 unspecified atom stereocenters. The Bertz CT molecular complexity index is 1510. The number of aliphatic hydroxyl groups excluding tert-OH is 1. The maximum absolute atomic E-state index is 13.7. The van der Waals surface area contributed by atoms with Gasteiger partial charge in [-0.1, -0.05) is 35.6 Å². The first-order valence-corrected chi connectivity index (χ1v) is 12.0. The minimum atomic E-state index is -1.01. The molecule has 0 spiro atoms. The number of amides is 1. The Hall–Kier alpha value is -4.24. The summed E-state index contributed by atoms with van der Waals surface area (Å²) in [5, 5.41) is 11.5. The fourth-order valence-corrected chi connectivity index (χ4v) is 5.19. The Kier molecular flexibility index (Phi) is 6.15. The molecule has 7 nitrogen and oxygen atoms in total. The molecule has 182 valence electrons. The van der Waals surface area contributed by atoms with Crippen LogP contribution in [0.15, 0.2) is 72.3 Å². The van der Waals surface area contributed by atoms with Crippen LogP contribution in [0.3, 0.4) is 0 Å². The maximum atomic E-state index is 13.7. The topological polar surface area (TPSA) is 89.0 Å². The first-order valence-electron chi connectivity index (χ1n) is 11.2. The predicted octanol–water partition coefficient (Wildman–Crippen LogP) is 5.47. The van der Waals surface area contributed by atoms with Gasteiger partial charge in [0.25, 0.3) is 5.78 Å². The number of methoxy groups -OCH3 is 1. The van der Waals surface area contributed by atoms with Gasteiger partial charge in [-0.3, -0.25) is 14.5 Å². The number of aliphatic hydroxyl groups is 1. The first-order chi connectivity index (χ1) is 17.4. The molecule has 1 aromatic heterocycles. The number of carbonyl (C=O) groups excluding carboxylic acids is 2. The smallest absolute Gasteiger partial charge is 0.301 e. The van der Waals surface area contributed by atoms with E-state index in [1.54, 1.807) is 36.4 Å². The molecule has 1 atom stereocenters. The number of carbonyl (C=O) groups is 2. The number of fused-ring (bicyclic) bond motifs is 1. The van der Waals surface area contributed by atoms with Gasteiger partial charge in [0.1, 0.15) is 23.1 Å². The van der Waals surface area contributed by atoms with E-state index in [0.717, 1.165) is 4.70 Å². The third kappa shape index (κ3) is 4.07. The number of aromatic nitrogens is 1. The van der Waals surface area contributed by atoms with E-state index in [1.807, 2.05) is 13.0 Å². The molecule has 1 aliphatic heterocycles. The zero-order valence-electron chi connectivity index (χ0n) is 19.4. The van der Waals surface area contributed by atoms with Gasteiger partial charge in [-0.15, -0.1) is 0 Å². The molecule has 3 aromatic carbocycles. The number of hydrogen-bond acceptors (Lipinski definition) is 7. The van der Waals surface area contributed by atoms with Gasteiger partial charge in [0.15, 0.2) is 5.13 Å². The van der Waals surface area contributed by atoms with Crippen molar-refractivity contribution < 1.29 is 28.6 Å². The number of halogens is 1. The number of hydrogen-bond donors (Lipinski definition) is 1. The number of ether oxygens (including phenoxy) is 2. The molecule has 9 heteroatoms. The number of anilines is 1. The molecular formula is C27H21FN2O5S. The van der Waals surface area contributed by atoms with Gasteiger partial charge in [0.2, 0.25) is 0 Å². The largest absolute Gasteiger partial charge is 0.507 e.